The Morgan fingerprint density at radius 2 is 1.97 bits per heavy atom. The number of urea groups is 1. The first-order chi connectivity index (χ1) is 16.0. The van der Waals surface area contributed by atoms with Crippen molar-refractivity contribution >= 4 is 35.1 Å². The predicted octanol–water partition coefficient (Wildman–Crippen LogP) is 3.35. The van der Waals surface area contributed by atoms with E-state index in [0.29, 0.717) is 15.6 Å². The van der Waals surface area contributed by atoms with Crippen molar-refractivity contribution in [3.05, 3.63) is 71.3 Å². The van der Waals surface area contributed by atoms with Crippen molar-refractivity contribution in [1.29, 1.82) is 0 Å². The molecule has 1 aliphatic heterocycles. The van der Waals surface area contributed by atoms with Gasteiger partial charge in [0.25, 0.3) is 5.91 Å². The minimum atomic E-state index is -4.63. The van der Waals surface area contributed by atoms with Gasteiger partial charge in [0, 0.05) is 5.02 Å². The average molecular weight is 493 g/mol. The minimum absolute atomic E-state index is 0.0631. The number of hydrogen-bond acceptors (Lipinski definition) is 5. The van der Waals surface area contributed by atoms with E-state index in [2.05, 4.69) is 20.7 Å². The molecular formula is C21H16ClF3N6O3. The van der Waals surface area contributed by atoms with Gasteiger partial charge < -0.3 is 10.6 Å². The second kappa shape index (κ2) is 8.45. The molecule has 4 amide bonds. The van der Waals surface area contributed by atoms with Crippen LogP contribution in [-0.2, 0) is 21.3 Å². The maximum atomic E-state index is 13.1. The topological polar surface area (TPSA) is 109 Å². The number of nitrogens with zero attached hydrogens (tertiary/aromatic N) is 4. The standard InChI is InChI=1S/C21H16ClF3N6O3/c1-20(12-3-2-4-13(7-12)21(23,24)25)18(33)30(19(34)29-20)9-17(32)28-15-8-14(22)5-6-16(15)31-11-26-10-27-31/h2-8,10-11H,9H2,1H3,(H,28,32)(H,29,34). The molecule has 0 radical (unpaired) electrons. The lowest BCUT2D eigenvalue weighted by Crippen LogP contribution is -2.42. The van der Waals surface area contributed by atoms with E-state index in [9.17, 15) is 27.6 Å². The van der Waals surface area contributed by atoms with E-state index in [-0.39, 0.29) is 11.3 Å². The molecule has 0 spiro atoms. The van der Waals surface area contributed by atoms with Crippen LogP contribution in [-0.4, -0.2) is 44.1 Å². The zero-order valence-corrected chi connectivity index (χ0v) is 18.2. The van der Waals surface area contributed by atoms with Crippen molar-refractivity contribution in [3.63, 3.8) is 0 Å². The number of carbonyl (C=O) groups excluding carboxylic acids is 3. The van der Waals surface area contributed by atoms with Crippen molar-refractivity contribution in [1.82, 2.24) is 25.0 Å². The van der Waals surface area contributed by atoms with E-state index in [4.69, 9.17) is 11.6 Å². The van der Waals surface area contributed by atoms with Crippen molar-refractivity contribution < 1.29 is 27.6 Å². The number of halogens is 4. The van der Waals surface area contributed by atoms with Gasteiger partial charge in [-0.2, -0.15) is 18.3 Å². The third kappa shape index (κ3) is 4.31. The summed E-state index contributed by atoms with van der Waals surface area (Å²) in [6.07, 6.45) is -1.94. The number of hydrogen-bond donors (Lipinski definition) is 2. The molecule has 1 aliphatic rings. The van der Waals surface area contributed by atoms with Crippen molar-refractivity contribution in [2.45, 2.75) is 18.6 Å². The van der Waals surface area contributed by atoms with E-state index in [0.717, 1.165) is 18.2 Å². The van der Waals surface area contributed by atoms with Crippen LogP contribution >= 0.6 is 11.6 Å². The monoisotopic (exact) mass is 492 g/mol. The van der Waals surface area contributed by atoms with Crippen LogP contribution in [0.4, 0.5) is 23.7 Å². The summed E-state index contributed by atoms with van der Waals surface area (Å²) in [7, 11) is 0. The quantitative estimate of drug-likeness (QED) is 0.531. The van der Waals surface area contributed by atoms with Crippen molar-refractivity contribution in [2.75, 3.05) is 11.9 Å². The highest BCUT2D eigenvalue weighted by molar-refractivity contribution is 6.31. The summed E-state index contributed by atoms with van der Waals surface area (Å²) in [5.41, 5.74) is -2.13. The zero-order chi connectivity index (χ0) is 24.7. The molecule has 1 aromatic heterocycles. The van der Waals surface area contributed by atoms with E-state index >= 15 is 0 Å². The molecule has 34 heavy (non-hydrogen) atoms. The maximum Gasteiger partial charge on any atom is 0.416 e. The largest absolute Gasteiger partial charge is 0.416 e. The Balaban J connectivity index is 1.55. The molecule has 9 nitrogen and oxygen atoms in total. The Hall–Kier alpha value is -3.93. The van der Waals surface area contributed by atoms with E-state index < -0.39 is 41.7 Å². The molecule has 3 aromatic rings. The molecule has 2 heterocycles. The van der Waals surface area contributed by atoms with Crippen LogP contribution in [0.25, 0.3) is 5.69 Å². The summed E-state index contributed by atoms with van der Waals surface area (Å²) in [5.74, 6) is -1.60. The Kier molecular flexibility index (Phi) is 5.77. The highest BCUT2D eigenvalue weighted by Crippen LogP contribution is 2.34. The van der Waals surface area contributed by atoms with Gasteiger partial charge in [-0.15, -0.1) is 0 Å². The van der Waals surface area contributed by atoms with Crippen LogP contribution < -0.4 is 10.6 Å². The highest BCUT2D eigenvalue weighted by atomic mass is 35.5. The first kappa shape index (κ1) is 23.2. The van der Waals surface area contributed by atoms with E-state index in [1.165, 1.54) is 36.4 Å². The fraction of sp³-hybridized carbons (Fsp3) is 0.190. The van der Waals surface area contributed by atoms with Gasteiger partial charge in [0.15, 0.2) is 0 Å². The van der Waals surface area contributed by atoms with Gasteiger partial charge in [-0.1, -0.05) is 23.7 Å². The van der Waals surface area contributed by atoms with Crippen LogP contribution in [0.5, 0.6) is 0 Å². The molecule has 0 bridgehead atoms. The number of imide groups is 1. The molecule has 2 aromatic carbocycles. The lowest BCUT2D eigenvalue weighted by Gasteiger charge is -2.23. The molecule has 0 saturated carbocycles. The van der Waals surface area contributed by atoms with Crippen LogP contribution in [0.1, 0.15) is 18.1 Å². The number of nitrogens with one attached hydrogen (secondary N) is 2. The molecule has 1 saturated heterocycles. The molecule has 0 aliphatic carbocycles. The lowest BCUT2D eigenvalue weighted by molar-refractivity contribution is -0.138. The number of anilines is 1. The van der Waals surface area contributed by atoms with Crippen molar-refractivity contribution in [2.24, 2.45) is 0 Å². The van der Waals surface area contributed by atoms with Crippen molar-refractivity contribution in [3.8, 4) is 5.69 Å². The summed E-state index contributed by atoms with van der Waals surface area (Å²) in [6, 6.07) is 7.79. The Labute approximate surface area is 195 Å². The van der Waals surface area contributed by atoms with Gasteiger partial charge in [0.1, 0.15) is 24.7 Å². The first-order valence-corrected chi connectivity index (χ1v) is 10.1. The zero-order valence-electron chi connectivity index (χ0n) is 17.4. The van der Waals surface area contributed by atoms with Crippen LogP contribution in [0.15, 0.2) is 55.1 Å². The van der Waals surface area contributed by atoms with Crippen LogP contribution in [0.3, 0.4) is 0 Å². The SMILES string of the molecule is CC1(c2cccc(C(F)(F)F)c2)NC(=O)N(CC(=O)Nc2cc(Cl)ccc2-n2cncn2)C1=O. The second-order valence-electron chi connectivity index (χ2n) is 7.57. The number of aromatic nitrogens is 3. The Morgan fingerprint density at radius 3 is 2.65 bits per heavy atom. The fourth-order valence-corrected chi connectivity index (χ4v) is 3.69. The van der Waals surface area contributed by atoms with Gasteiger partial charge >= 0.3 is 12.2 Å². The fourth-order valence-electron chi connectivity index (χ4n) is 3.52. The molecule has 176 valence electrons. The number of amides is 4. The second-order valence-corrected chi connectivity index (χ2v) is 8.01. The summed E-state index contributed by atoms with van der Waals surface area (Å²) >= 11 is 6.02. The maximum absolute atomic E-state index is 13.1. The summed E-state index contributed by atoms with van der Waals surface area (Å²) in [6.45, 7) is 0.600. The van der Waals surface area contributed by atoms with Crippen LogP contribution in [0.2, 0.25) is 5.02 Å². The molecule has 1 fully saturated rings. The number of benzene rings is 2. The van der Waals surface area contributed by atoms with Gasteiger partial charge in [0.05, 0.1) is 16.9 Å². The Bertz CT molecular complexity index is 1280. The number of alkyl halides is 3. The van der Waals surface area contributed by atoms with Gasteiger partial charge in [0.2, 0.25) is 5.91 Å². The lowest BCUT2D eigenvalue weighted by atomic mass is 9.90. The smallest absolute Gasteiger partial charge is 0.323 e. The average Bonchev–Trinajstić information content (AvgIpc) is 3.37. The van der Waals surface area contributed by atoms with Gasteiger partial charge in [-0.25, -0.2) is 14.5 Å². The molecule has 4 rings (SSSR count). The molecular weight excluding hydrogens is 477 g/mol. The summed E-state index contributed by atoms with van der Waals surface area (Å²) in [4.78, 5) is 42.7. The highest BCUT2D eigenvalue weighted by Gasteiger charge is 2.50. The molecule has 2 N–H and O–H groups in total. The third-order valence-corrected chi connectivity index (χ3v) is 5.48. The molecule has 1 atom stereocenters. The minimum Gasteiger partial charge on any atom is -0.323 e. The normalized spacial score (nSPS) is 18.2. The Morgan fingerprint density at radius 1 is 1.21 bits per heavy atom. The first-order valence-electron chi connectivity index (χ1n) is 9.75. The van der Waals surface area contributed by atoms with E-state index in [1.807, 2.05) is 0 Å². The van der Waals surface area contributed by atoms with Crippen LogP contribution in [0, 0.1) is 0 Å². The van der Waals surface area contributed by atoms with Gasteiger partial charge in [-0.3, -0.25) is 14.5 Å². The molecule has 13 heteroatoms. The third-order valence-electron chi connectivity index (χ3n) is 5.24. The van der Waals surface area contributed by atoms with E-state index in [1.54, 1.807) is 12.1 Å². The summed E-state index contributed by atoms with van der Waals surface area (Å²) < 4.78 is 40.7. The van der Waals surface area contributed by atoms with Gasteiger partial charge in [-0.05, 0) is 42.8 Å². The predicted molar refractivity (Wildman–Crippen MR) is 114 cm³/mol. The number of carbonyl (C=O) groups is 3. The number of rotatable bonds is 5. The molecule has 1 unspecified atom stereocenters. The summed E-state index contributed by atoms with van der Waals surface area (Å²) in [5, 5.41) is 9.26.